The van der Waals surface area contributed by atoms with Gasteiger partial charge in [-0.15, -0.1) is 13.2 Å². The van der Waals surface area contributed by atoms with E-state index in [0.717, 1.165) is 0 Å². The summed E-state index contributed by atoms with van der Waals surface area (Å²) in [5.74, 6) is -17.7. The number of rotatable bonds is 0. The Bertz CT molecular complexity index is 687. The predicted molar refractivity (Wildman–Crippen MR) is 47.2 cm³/mol. The maximum absolute atomic E-state index is 13.6. The summed E-state index contributed by atoms with van der Waals surface area (Å²) in [6.07, 6.45) is -6.27. The van der Waals surface area contributed by atoms with E-state index < -0.39 is 63.4 Å². The minimum absolute atomic E-state index is 2.46. The van der Waals surface area contributed by atoms with Crippen molar-refractivity contribution in [3.8, 4) is 0 Å². The number of halogens is 11. The third kappa shape index (κ3) is 1.92. The minimum Gasteiger partial charge on any atom is -0.203 e. The number of alkyl halides is 5. The third-order valence-electron chi connectivity index (χ3n) is 2.70. The van der Waals surface area contributed by atoms with Crippen LogP contribution >= 0.6 is 0 Å². The normalized spacial score (nSPS) is 17.9. The van der Waals surface area contributed by atoms with Gasteiger partial charge in [0.15, 0.2) is 29.1 Å². The molecule has 122 valence electrons. The van der Waals surface area contributed by atoms with E-state index in [1.54, 1.807) is 0 Å². The van der Waals surface area contributed by atoms with Crippen molar-refractivity contribution >= 4 is 5.83 Å². The fourth-order valence-corrected chi connectivity index (χ4v) is 1.83. The van der Waals surface area contributed by atoms with Gasteiger partial charge in [0, 0.05) is 0 Å². The van der Waals surface area contributed by atoms with Gasteiger partial charge in [-0.1, -0.05) is 0 Å². The minimum atomic E-state index is -6.27. The predicted octanol–water partition coefficient (Wildman–Crippen LogP) is 4.69. The Labute approximate surface area is 113 Å². The molecule has 12 heteroatoms. The summed E-state index contributed by atoms with van der Waals surface area (Å²) in [5.41, 5.74) is -5.26. The van der Waals surface area contributed by atoms with E-state index in [1.807, 2.05) is 0 Å². The van der Waals surface area contributed by atoms with Gasteiger partial charge in [-0.2, -0.15) is 18.1 Å². The molecule has 1 aromatic carbocycles. The monoisotopic (exact) mass is 343 g/mol. The highest BCUT2D eigenvalue weighted by atomic mass is 19.4. The molecule has 0 bridgehead atoms. The molecule has 0 aliphatic carbocycles. The quantitative estimate of drug-likeness (QED) is 0.286. The molecule has 0 spiro atoms. The van der Waals surface area contributed by atoms with Crippen molar-refractivity contribution in [3.63, 3.8) is 0 Å². The van der Waals surface area contributed by atoms with Crippen molar-refractivity contribution in [2.75, 3.05) is 0 Å². The third-order valence-corrected chi connectivity index (χ3v) is 2.70. The van der Waals surface area contributed by atoms with Gasteiger partial charge in [0.25, 0.3) is 0 Å². The van der Waals surface area contributed by atoms with Crippen LogP contribution in [0.25, 0.3) is 5.83 Å². The Hall–Kier alpha value is -2.01. The molecule has 0 saturated heterocycles. The summed E-state index contributed by atoms with van der Waals surface area (Å²) in [5, 5.41) is 0. The fourth-order valence-electron chi connectivity index (χ4n) is 1.83. The maximum atomic E-state index is 13.6. The number of benzene rings is 1. The number of hydrogen-bond donors (Lipinski definition) is 0. The summed E-state index contributed by atoms with van der Waals surface area (Å²) < 4.78 is 143. The van der Waals surface area contributed by atoms with Crippen LogP contribution in [0, 0.1) is 23.3 Å². The molecule has 1 aromatic rings. The van der Waals surface area contributed by atoms with Crippen molar-refractivity contribution in [1.82, 2.24) is 4.90 Å². The van der Waals surface area contributed by atoms with Gasteiger partial charge < -0.3 is 0 Å². The number of nitrogens with zero attached hydrogens (tertiary/aromatic N) is 1. The van der Waals surface area contributed by atoms with Crippen LogP contribution in [0.3, 0.4) is 0 Å². The van der Waals surface area contributed by atoms with Crippen LogP contribution in [0.15, 0.2) is 5.95 Å². The molecule has 2 rings (SSSR count). The number of hydrogen-bond acceptors (Lipinski definition) is 1. The van der Waals surface area contributed by atoms with Crippen molar-refractivity contribution in [3.05, 3.63) is 40.3 Å². The van der Waals surface area contributed by atoms with E-state index in [0.29, 0.717) is 0 Å². The molecule has 22 heavy (non-hydrogen) atoms. The van der Waals surface area contributed by atoms with Gasteiger partial charge >= 0.3 is 12.3 Å². The first-order valence-corrected chi connectivity index (χ1v) is 5.00. The van der Waals surface area contributed by atoms with E-state index in [4.69, 9.17) is 0 Å². The van der Waals surface area contributed by atoms with Gasteiger partial charge in [0.05, 0.1) is 11.1 Å². The largest absolute Gasteiger partial charge is 0.491 e. The zero-order valence-corrected chi connectivity index (χ0v) is 9.60. The molecule has 0 N–H and O–H groups in total. The zero-order valence-electron chi connectivity index (χ0n) is 9.60. The Morgan fingerprint density at radius 3 is 1.64 bits per heavy atom. The Balaban J connectivity index is 2.99. The lowest BCUT2D eigenvalue weighted by Crippen LogP contribution is -2.50. The average Bonchev–Trinajstić information content (AvgIpc) is 2.35. The average molecular weight is 343 g/mol. The highest BCUT2D eigenvalue weighted by Gasteiger charge is 2.62. The molecule has 0 amide bonds. The molecule has 0 unspecified atom stereocenters. The first kappa shape index (κ1) is 16.4. The summed E-state index contributed by atoms with van der Waals surface area (Å²) in [7, 11) is 0. The highest BCUT2D eigenvalue weighted by molar-refractivity contribution is 5.68. The van der Waals surface area contributed by atoms with Crippen molar-refractivity contribution in [2.24, 2.45) is 0 Å². The van der Waals surface area contributed by atoms with E-state index in [9.17, 15) is 48.3 Å². The summed E-state index contributed by atoms with van der Waals surface area (Å²) in [4.78, 5) is -2.46. The lowest BCUT2D eigenvalue weighted by molar-refractivity contribution is -0.331. The van der Waals surface area contributed by atoms with Crippen LogP contribution in [0.4, 0.5) is 48.3 Å². The standard InChI is InChI=1S/C10F11N/c11-3-1-2(5(13)7(15)6(3)14)9(17,18)22(10(19,20)21)8(16)4(1)12. The van der Waals surface area contributed by atoms with Crippen LogP contribution in [0.2, 0.25) is 0 Å². The van der Waals surface area contributed by atoms with Gasteiger partial charge in [-0.25, -0.2) is 22.0 Å². The van der Waals surface area contributed by atoms with Crippen molar-refractivity contribution in [2.45, 2.75) is 12.3 Å². The van der Waals surface area contributed by atoms with Crippen LogP contribution < -0.4 is 0 Å². The van der Waals surface area contributed by atoms with Crippen molar-refractivity contribution in [1.29, 1.82) is 0 Å². The van der Waals surface area contributed by atoms with Crippen LogP contribution in [0.5, 0.6) is 0 Å². The van der Waals surface area contributed by atoms with E-state index >= 15 is 0 Å². The topological polar surface area (TPSA) is 3.24 Å². The van der Waals surface area contributed by atoms with Gasteiger partial charge in [-0.3, -0.25) is 0 Å². The summed E-state index contributed by atoms with van der Waals surface area (Å²) >= 11 is 0. The molecular formula is C10F11N. The molecule has 0 aromatic heterocycles. The Kier molecular flexibility index (Phi) is 3.34. The van der Waals surface area contributed by atoms with Crippen molar-refractivity contribution < 1.29 is 48.3 Å². The molecule has 0 radical (unpaired) electrons. The van der Waals surface area contributed by atoms with Crippen LogP contribution in [-0.2, 0) is 6.05 Å². The van der Waals surface area contributed by atoms with E-state index in [2.05, 4.69) is 0 Å². The number of fused-ring (bicyclic) bond motifs is 1. The summed E-state index contributed by atoms with van der Waals surface area (Å²) in [6, 6.07) is -5.76. The van der Waals surface area contributed by atoms with Crippen LogP contribution in [-0.4, -0.2) is 11.2 Å². The second-order valence-corrected chi connectivity index (χ2v) is 3.96. The van der Waals surface area contributed by atoms with Gasteiger partial charge in [0.2, 0.25) is 5.95 Å². The molecule has 1 heterocycles. The second kappa shape index (κ2) is 4.49. The van der Waals surface area contributed by atoms with E-state index in [-0.39, 0.29) is 0 Å². The maximum Gasteiger partial charge on any atom is 0.491 e. The fraction of sp³-hybridized carbons (Fsp3) is 0.200. The Morgan fingerprint density at radius 1 is 0.727 bits per heavy atom. The molecular weight excluding hydrogens is 343 g/mol. The first-order chi connectivity index (χ1) is 9.83. The van der Waals surface area contributed by atoms with E-state index in [1.165, 1.54) is 0 Å². The van der Waals surface area contributed by atoms with Gasteiger partial charge in [0.1, 0.15) is 0 Å². The lowest BCUT2D eigenvalue weighted by Gasteiger charge is -2.36. The zero-order chi connectivity index (χ0) is 17.2. The van der Waals surface area contributed by atoms with Crippen LogP contribution in [0.1, 0.15) is 11.1 Å². The second-order valence-electron chi connectivity index (χ2n) is 3.96. The molecule has 0 atom stereocenters. The summed E-state index contributed by atoms with van der Waals surface area (Å²) in [6.45, 7) is 0. The highest BCUT2D eigenvalue weighted by Crippen LogP contribution is 2.52. The first-order valence-electron chi connectivity index (χ1n) is 5.00. The Morgan fingerprint density at radius 2 is 1.18 bits per heavy atom. The molecule has 1 aliphatic rings. The molecule has 0 fully saturated rings. The van der Waals surface area contributed by atoms with Gasteiger partial charge in [-0.05, 0) is 0 Å². The smallest absolute Gasteiger partial charge is 0.203 e. The molecule has 0 saturated carbocycles. The molecule has 1 aliphatic heterocycles. The SMILES string of the molecule is FC1=C(F)N(C(F)(F)F)C(F)(F)c2c(F)c(F)c(F)c(F)c21. The lowest BCUT2D eigenvalue weighted by atomic mass is 9.98. The molecule has 1 nitrogen and oxygen atoms in total.